The maximum absolute atomic E-state index is 14.6. The summed E-state index contributed by atoms with van der Waals surface area (Å²) >= 11 is 0. The number of hydrogen-bond donors (Lipinski definition) is 3. The number of carbonyl (C=O) groups is 1. The van der Waals surface area contributed by atoms with Gasteiger partial charge in [0.05, 0.1) is 30.0 Å². The largest absolute Gasteiger partial charge is 0.398 e. The van der Waals surface area contributed by atoms with Gasteiger partial charge in [0, 0.05) is 17.0 Å². The van der Waals surface area contributed by atoms with Gasteiger partial charge in [-0.05, 0) is 62.4 Å². The second kappa shape index (κ2) is 9.42. The maximum atomic E-state index is 14.6. The van der Waals surface area contributed by atoms with Gasteiger partial charge in [-0.3, -0.25) is 9.52 Å². The molecule has 192 valence electrons. The number of carbonyl (C=O) groups excluding carboxylic acids is 1. The van der Waals surface area contributed by atoms with Gasteiger partial charge in [0.15, 0.2) is 0 Å². The molecule has 3 N–H and O–H groups in total. The number of benzene rings is 2. The third-order valence-corrected chi connectivity index (χ3v) is 6.97. The normalized spacial score (nSPS) is 19.2. The van der Waals surface area contributed by atoms with Crippen LogP contribution in [0, 0.1) is 11.7 Å². The number of hydrogen-bond acceptors (Lipinski definition) is 4. The van der Waals surface area contributed by atoms with E-state index >= 15 is 0 Å². The second-order valence-corrected chi connectivity index (χ2v) is 11.2. The summed E-state index contributed by atoms with van der Waals surface area (Å²) in [5, 5.41) is 12.4. The lowest BCUT2D eigenvalue weighted by atomic mass is 9.83. The van der Waals surface area contributed by atoms with Crippen molar-refractivity contribution in [3.63, 3.8) is 0 Å². The van der Waals surface area contributed by atoms with E-state index in [0.717, 1.165) is 32.2 Å². The molecule has 0 aliphatic heterocycles. The molecule has 1 saturated carbocycles. The Kier molecular flexibility index (Phi) is 7.25. The van der Waals surface area contributed by atoms with Crippen LogP contribution >= 0.6 is 0 Å². The molecule has 0 radical (unpaired) electrons. The van der Waals surface area contributed by atoms with E-state index in [1.165, 1.54) is 12.1 Å². The lowest BCUT2D eigenvalue weighted by Gasteiger charge is -2.28. The molecule has 1 fully saturated rings. The van der Waals surface area contributed by atoms with E-state index in [1.54, 1.807) is 19.1 Å². The highest BCUT2D eigenvalue weighted by atomic mass is 32.2. The van der Waals surface area contributed by atoms with Crippen LogP contribution in [0.25, 0.3) is 0 Å². The van der Waals surface area contributed by atoms with Crippen molar-refractivity contribution in [3.05, 3.63) is 64.5 Å². The minimum atomic E-state index is -4.61. The van der Waals surface area contributed by atoms with Crippen molar-refractivity contribution in [2.24, 2.45) is 5.92 Å². The Labute approximate surface area is 201 Å². The van der Waals surface area contributed by atoms with Crippen molar-refractivity contribution in [2.45, 2.75) is 57.3 Å². The molecule has 0 saturated heterocycles. The first-order valence-corrected chi connectivity index (χ1v) is 12.8. The predicted octanol–water partition coefficient (Wildman–Crippen LogP) is 4.51. The summed E-state index contributed by atoms with van der Waals surface area (Å²) in [5.74, 6) is -1.98. The lowest BCUT2D eigenvalue weighted by molar-refractivity contribution is -0.180. The molecule has 3 unspecified atom stereocenters. The van der Waals surface area contributed by atoms with Crippen molar-refractivity contribution in [3.8, 4) is 0 Å². The van der Waals surface area contributed by atoms with Crippen LogP contribution in [0.5, 0.6) is 0 Å². The van der Waals surface area contributed by atoms with Crippen LogP contribution in [-0.4, -0.2) is 31.9 Å². The minimum Gasteiger partial charge on any atom is -0.392 e. The molecule has 0 aromatic heterocycles. The third kappa shape index (κ3) is 5.95. The third-order valence-electron chi connectivity index (χ3n) is 6.38. The summed E-state index contributed by atoms with van der Waals surface area (Å²) in [4.78, 5) is 12.7. The maximum Gasteiger partial charge on any atom is 0.398 e. The van der Waals surface area contributed by atoms with Crippen LogP contribution in [0.1, 0.15) is 61.4 Å². The fourth-order valence-electron chi connectivity index (χ4n) is 3.99. The predicted molar refractivity (Wildman–Crippen MR) is 124 cm³/mol. The topological polar surface area (TPSA) is 95.5 Å². The van der Waals surface area contributed by atoms with Gasteiger partial charge in [-0.1, -0.05) is 18.2 Å². The Hall–Kier alpha value is -2.66. The van der Waals surface area contributed by atoms with Gasteiger partial charge in [0.2, 0.25) is 15.9 Å². The lowest BCUT2D eigenvalue weighted by Crippen LogP contribution is -2.37. The van der Waals surface area contributed by atoms with Crippen LogP contribution in [-0.2, 0) is 26.8 Å². The molecule has 0 bridgehead atoms. The summed E-state index contributed by atoms with van der Waals surface area (Å²) in [6.45, 7) is 3.16. The molecule has 1 aliphatic rings. The first kappa shape index (κ1) is 26.9. The summed E-state index contributed by atoms with van der Waals surface area (Å²) in [6.07, 6.45) is -3.17. The number of alkyl halides is 3. The Bertz CT molecular complexity index is 1230. The van der Waals surface area contributed by atoms with Crippen LogP contribution < -0.4 is 10.0 Å². The minimum absolute atomic E-state index is 0.235. The zero-order valence-corrected chi connectivity index (χ0v) is 20.5. The van der Waals surface area contributed by atoms with Gasteiger partial charge in [-0.25, -0.2) is 12.8 Å². The van der Waals surface area contributed by atoms with Gasteiger partial charge >= 0.3 is 6.18 Å². The molecule has 11 heteroatoms. The Morgan fingerprint density at radius 3 is 2.37 bits per heavy atom. The Morgan fingerprint density at radius 2 is 1.83 bits per heavy atom. The average Bonchev–Trinajstić information content (AvgIpc) is 3.53. The molecule has 6 nitrogen and oxygen atoms in total. The molecule has 2 aromatic rings. The zero-order chi connectivity index (χ0) is 26.3. The summed E-state index contributed by atoms with van der Waals surface area (Å²) in [6, 6.07) is 7.89. The molecular formula is C24H28F4N2O4S. The number of halogens is 4. The number of aliphatic hydroxyl groups is 1. The SMILES string of the molecule is CC(NC(=O)C1CC1c1ccc(C(C)(C)C(F)(F)F)c(F)c1)c1ccc(NS(C)(=O)=O)c(CO)c1. The van der Waals surface area contributed by atoms with E-state index < -0.39 is 51.6 Å². The molecule has 1 amide bonds. The number of anilines is 1. The highest BCUT2D eigenvalue weighted by molar-refractivity contribution is 7.92. The first-order chi connectivity index (χ1) is 16.0. The number of sulfonamides is 1. The van der Waals surface area contributed by atoms with Crippen LogP contribution in [0.3, 0.4) is 0 Å². The van der Waals surface area contributed by atoms with Crippen molar-refractivity contribution in [1.82, 2.24) is 5.32 Å². The van der Waals surface area contributed by atoms with Crippen molar-refractivity contribution >= 4 is 21.6 Å². The number of aliphatic hydroxyl groups excluding tert-OH is 1. The molecule has 0 spiro atoms. The molecule has 0 heterocycles. The zero-order valence-electron chi connectivity index (χ0n) is 19.7. The highest BCUT2D eigenvalue weighted by Crippen LogP contribution is 2.49. The summed E-state index contributed by atoms with van der Waals surface area (Å²) < 4.78 is 79.7. The fraction of sp³-hybridized carbons (Fsp3) is 0.458. The Balaban J connectivity index is 1.68. The smallest absolute Gasteiger partial charge is 0.392 e. The average molecular weight is 517 g/mol. The standard InChI is InChI=1S/C24H28F4N2O4S/c1-13(14-6-8-21(16(9-14)12-31)30-35(4,33)34)29-22(32)18-11-17(18)15-5-7-19(20(25)10-15)23(2,3)24(26,27)28/h5-10,13,17-18,30-31H,11-12H2,1-4H3,(H,29,32). The summed E-state index contributed by atoms with van der Waals surface area (Å²) in [5.41, 5.74) is -1.10. The number of nitrogens with one attached hydrogen (secondary N) is 2. The van der Waals surface area contributed by atoms with Crippen molar-refractivity contribution in [1.29, 1.82) is 0 Å². The molecule has 1 aliphatic carbocycles. The van der Waals surface area contributed by atoms with E-state index in [1.807, 2.05) is 0 Å². The van der Waals surface area contributed by atoms with Gasteiger partial charge in [0.1, 0.15) is 5.82 Å². The van der Waals surface area contributed by atoms with Gasteiger partial charge < -0.3 is 10.4 Å². The summed E-state index contributed by atoms with van der Waals surface area (Å²) in [7, 11) is -3.53. The Morgan fingerprint density at radius 1 is 1.17 bits per heavy atom. The van der Waals surface area contributed by atoms with E-state index in [9.17, 15) is 35.9 Å². The quantitative estimate of drug-likeness (QED) is 0.450. The highest BCUT2D eigenvalue weighted by Gasteiger charge is 2.50. The van der Waals surface area contributed by atoms with Gasteiger partial charge in [-0.15, -0.1) is 0 Å². The first-order valence-electron chi connectivity index (χ1n) is 10.9. The molecule has 3 atom stereocenters. The van der Waals surface area contributed by atoms with Crippen LogP contribution in [0.4, 0.5) is 23.2 Å². The van der Waals surface area contributed by atoms with E-state index in [2.05, 4.69) is 10.0 Å². The molecule has 2 aromatic carbocycles. The fourth-order valence-corrected chi connectivity index (χ4v) is 4.59. The van der Waals surface area contributed by atoms with Crippen LogP contribution in [0.15, 0.2) is 36.4 Å². The molecular weight excluding hydrogens is 488 g/mol. The van der Waals surface area contributed by atoms with Crippen molar-refractivity contribution < 1.29 is 35.9 Å². The van der Waals surface area contributed by atoms with Crippen molar-refractivity contribution in [2.75, 3.05) is 11.0 Å². The van der Waals surface area contributed by atoms with Gasteiger partial charge in [-0.2, -0.15) is 13.2 Å². The monoisotopic (exact) mass is 516 g/mol. The van der Waals surface area contributed by atoms with E-state index in [4.69, 9.17) is 0 Å². The van der Waals surface area contributed by atoms with Crippen LogP contribution in [0.2, 0.25) is 0 Å². The van der Waals surface area contributed by atoms with E-state index in [-0.39, 0.29) is 17.5 Å². The second-order valence-electron chi connectivity index (χ2n) is 9.49. The number of amides is 1. The molecule has 3 rings (SSSR count). The van der Waals surface area contributed by atoms with Gasteiger partial charge in [0.25, 0.3) is 0 Å². The van der Waals surface area contributed by atoms with E-state index in [0.29, 0.717) is 23.1 Å². The number of rotatable bonds is 8. The molecule has 35 heavy (non-hydrogen) atoms.